The molecule has 0 aliphatic heterocycles. The summed E-state index contributed by atoms with van der Waals surface area (Å²) in [4.78, 5) is 29.8. The largest absolute Gasteiger partial charge is 0.433 e. The Balaban J connectivity index is 2.16. The summed E-state index contributed by atoms with van der Waals surface area (Å²) in [5.41, 5.74) is -0.372. The fraction of sp³-hybridized carbons (Fsp3) is 0.312. The maximum atomic E-state index is 12.5. The van der Waals surface area contributed by atoms with E-state index in [0.717, 1.165) is 17.8 Å². The van der Waals surface area contributed by atoms with Crippen molar-refractivity contribution in [2.45, 2.75) is 32.5 Å². The number of aromatic amines is 1. The summed E-state index contributed by atoms with van der Waals surface area (Å²) in [6, 6.07) is 2.99. The van der Waals surface area contributed by atoms with E-state index in [0.29, 0.717) is 12.0 Å². The standard InChI is InChI=1S/C16H16F3N3O2/c1-3-10-6-12(14(23)21-7-10)15(24)22-9(2)11-4-5-13(20-8-11)16(17,18)19/h4-9H,3H2,1-2H3,(H,21,23)(H,22,24)/t9-/m1/s1. The van der Waals surface area contributed by atoms with Crippen LogP contribution in [0.5, 0.6) is 0 Å². The molecule has 2 heterocycles. The summed E-state index contributed by atoms with van der Waals surface area (Å²) in [7, 11) is 0. The quantitative estimate of drug-likeness (QED) is 0.899. The number of aromatic nitrogens is 2. The fourth-order valence-electron chi connectivity index (χ4n) is 2.09. The third-order valence-corrected chi connectivity index (χ3v) is 3.54. The number of carbonyl (C=O) groups is 1. The van der Waals surface area contributed by atoms with Gasteiger partial charge in [0.15, 0.2) is 0 Å². The molecule has 0 aromatic carbocycles. The Bertz CT molecular complexity index is 782. The van der Waals surface area contributed by atoms with Crippen LogP contribution in [0.3, 0.4) is 0 Å². The van der Waals surface area contributed by atoms with E-state index in [-0.39, 0.29) is 5.56 Å². The molecule has 0 unspecified atom stereocenters. The predicted molar refractivity (Wildman–Crippen MR) is 81.6 cm³/mol. The topological polar surface area (TPSA) is 74.8 Å². The highest BCUT2D eigenvalue weighted by molar-refractivity contribution is 5.94. The second kappa shape index (κ2) is 6.86. The minimum absolute atomic E-state index is 0.0407. The molecule has 2 N–H and O–H groups in total. The van der Waals surface area contributed by atoms with Gasteiger partial charge < -0.3 is 10.3 Å². The van der Waals surface area contributed by atoms with Crippen LogP contribution in [0.2, 0.25) is 0 Å². The zero-order valence-electron chi connectivity index (χ0n) is 13.1. The van der Waals surface area contributed by atoms with Crippen molar-refractivity contribution in [1.82, 2.24) is 15.3 Å². The Morgan fingerprint density at radius 1 is 1.38 bits per heavy atom. The number of aryl methyl sites for hydroxylation is 1. The molecule has 0 fully saturated rings. The SMILES string of the molecule is CCc1c[nH]c(=O)c(C(=O)N[C@H](C)c2ccc(C(F)(F)F)nc2)c1. The Kier molecular flexibility index (Phi) is 5.06. The first kappa shape index (κ1) is 17.7. The maximum absolute atomic E-state index is 12.5. The van der Waals surface area contributed by atoms with Crippen molar-refractivity contribution in [2.75, 3.05) is 0 Å². The van der Waals surface area contributed by atoms with Crippen molar-refractivity contribution >= 4 is 5.91 Å². The van der Waals surface area contributed by atoms with Crippen LogP contribution in [-0.4, -0.2) is 15.9 Å². The van der Waals surface area contributed by atoms with Crippen molar-refractivity contribution in [3.05, 3.63) is 63.3 Å². The normalized spacial score (nSPS) is 12.7. The van der Waals surface area contributed by atoms with E-state index in [4.69, 9.17) is 0 Å². The van der Waals surface area contributed by atoms with E-state index in [1.165, 1.54) is 18.3 Å². The van der Waals surface area contributed by atoms with Gasteiger partial charge in [0.2, 0.25) is 0 Å². The molecule has 0 aliphatic rings. The highest BCUT2D eigenvalue weighted by Gasteiger charge is 2.32. The fourth-order valence-corrected chi connectivity index (χ4v) is 2.09. The van der Waals surface area contributed by atoms with Crippen LogP contribution in [0.15, 0.2) is 35.4 Å². The van der Waals surface area contributed by atoms with Gasteiger partial charge in [-0.15, -0.1) is 0 Å². The number of rotatable bonds is 4. The first-order chi connectivity index (χ1) is 11.2. The molecule has 0 radical (unpaired) electrons. The van der Waals surface area contributed by atoms with Crippen LogP contribution in [-0.2, 0) is 12.6 Å². The van der Waals surface area contributed by atoms with Crippen molar-refractivity contribution < 1.29 is 18.0 Å². The van der Waals surface area contributed by atoms with Crippen molar-refractivity contribution in [1.29, 1.82) is 0 Å². The monoisotopic (exact) mass is 339 g/mol. The first-order valence-corrected chi connectivity index (χ1v) is 7.28. The molecule has 8 heteroatoms. The zero-order valence-corrected chi connectivity index (χ0v) is 13.1. The van der Waals surface area contributed by atoms with Gasteiger partial charge >= 0.3 is 6.18 Å². The predicted octanol–water partition coefficient (Wildman–Crippen LogP) is 2.84. The number of nitrogens with one attached hydrogen (secondary N) is 2. The Morgan fingerprint density at radius 2 is 2.08 bits per heavy atom. The lowest BCUT2D eigenvalue weighted by molar-refractivity contribution is -0.141. The third-order valence-electron chi connectivity index (χ3n) is 3.54. The second-order valence-corrected chi connectivity index (χ2v) is 5.27. The lowest BCUT2D eigenvalue weighted by Crippen LogP contribution is -2.31. The third kappa shape index (κ3) is 4.01. The van der Waals surface area contributed by atoms with Crippen LogP contribution < -0.4 is 10.9 Å². The van der Waals surface area contributed by atoms with Gasteiger partial charge in [0.25, 0.3) is 11.5 Å². The van der Waals surface area contributed by atoms with Crippen molar-refractivity contribution in [3.63, 3.8) is 0 Å². The molecule has 0 saturated heterocycles. The van der Waals surface area contributed by atoms with Crippen molar-refractivity contribution in [2.24, 2.45) is 0 Å². The van der Waals surface area contributed by atoms with Crippen molar-refractivity contribution in [3.8, 4) is 0 Å². The van der Waals surface area contributed by atoms with Crippen LogP contribution in [0.4, 0.5) is 13.2 Å². The molecule has 0 bridgehead atoms. The minimum atomic E-state index is -4.51. The molecule has 1 atom stereocenters. The van der Waals surface area contributed by atoms with Gasteiger partial charge in [-0.3, -0.25) is 14.6 Å². The molecular formula is C16H16F3N3O2. The van der Waals surface area contributed by atoms with E-state index in [1.807, 2.05) is 6.92 Å². The Morgan fingerprint density at radius 3 is 2.62 bits per heavy atom. The molecule has 1 amide bonds. The number of halogens is 3. The first-order valence-electron chi connectivity index (χ1n) is 7.28. The molecule has 24 heavy (non-hydrogen) atoms. The smallest absolute Gasteiger partial charge is 0.345 e. The molecular weight excluding hydrogens is 323 g/mol. The van der Waals surface area contributed by atoms with Gasteiger partial charge in [-0.1, -0.05) is 13.0 Å². The van der Waals surface area contributed by atoms with Gasteiger partial charge in [-0.2, -0.15) is 13.2 Å². The van der Waals surface area contributed by atoms with E-state index in [9.17, 15) is 22.8 Å². The molecule has 0 saturated carbocycles. The van der Waals surface area contributed by atoms with E-state index < -0.39 is 29.4 Å². The van der Waals surface area contributed by atoms with Gasteiger partial charge in [-0.25, -0.2) is 0 Å². The number of hydrogen-bond acceptors (Lipinski definition) is 3. The number of pyridine rings is 2. The molecule has 128 valence electrons. The van der Waals surface area contributed by atoms with E-state index in [2.05, 4.69) is 15.3 Å². The summed E-state index contributed by atoms with van der Waals surface area (Å²) in [5.74, 6) is -0.598. The molecule has 5 nitrogen and oxygen atoms in total. The minimum Gasteiger partial charge on any atom is -0.345 e. The zero-order chi connectivity index (χ0) is 17.9. The van der Waals surface area contributed by atoms with Crippen LogP contribution in [0.25, 0.3) is 0 Å². The van der Waals surface area contributed by atoms with E-state index in [1.54, 1.807) is 6.92 Å². The second-order valence-electron chi connectivity index (χ2n) is 5.27. The molecule has 2 rings (SSSR count). The lowest BCUT2D eigenvalue weighted by atomic mass is 10.1. The Hall–Kier alpha value is -2.64. The average Bonchev–Trinajstić information content (AvgIpc) is 2.54. The van der Waals surface area contributed by atoms with E-state index >= 15 is 0 Å². The van der Waals surface area contributed by atoms with Gasteiger partial charge in [-0.05, 0) is 36.6 Å². The highest BCUT2D eigenvalue weighted by atomic mass is 19.4. The van der Waals surface area contributed by atoms with Crippen LogP contribution in [0.1, 0.15) is 47.1 Å². The highest BCUT2D eigenvalue weighted by Crippen LogP contribution is 2.27. The summed E-state index contributed by atoms with van der Waals surface area (Å²) in [6.45, 7) is 3.48. The number of H-pyrrole nitrogens is 1. The molecule has 2 aromatic heterocycles. The lowest BCUT2D eigenvalue weighted by Gasteiger charge is -2.15. The van der Waals surface area contributed by atoms with Gasteiger partial charge in [0.1, 0.15) is 11.3 Å². The summed E-state index contributed by atoms with van der Waals surface area (Å²) in [5, 5.41) is 2.58. The molecule has 0 spiro atoms. The number of nitrogens with zero attached hydrogens (tertiary/aromatic N) is 1. The maximum Gasteiger partial charge on any atom is 0.433 e. The van der Waals surface area contributed by atoms with Crippen LogP contribution >= 0.6 is 0 Å². The van der Waals surface area contributed by atoms with Gasteiger partial charge in [0.05, 0.1) is 6.04 Å². The number of amides is 1. The number of alkyl halides is 3. The Labute approximate surface area is 135 Å². The summed E-state index contributed by atoms with van der Waals surface area (Å²) < 4.78 is 37.5. The number of carbonyl (C=O) groups excluding carboxylic acids is 1. The van der Waals surface area contributed by atoms with Gasteiger partial charge in [0, 0.05) is 12.4 Å². The average molecular weight is 339 g/mol. The molecule has 0 aliphatic carbocycles. The summed E-state index contributed by atoms with van der Waals surface area (Å²) >= 11 is 0. The summed E-state index contributed by atoms with van der Waals surface area (Å²) in [6.07, 6.45) is -1.28. The van der Waals surface area contributed by atoms with Crippen LogP contribution in [0, 0.1) is 0 Å². The molecule has 2 aromatic rings. The number of hydrogen-bond donors (Lipinski definition) is 2.